The van der Waals surface area contributed by atoms with Crippen molar-refractivity contribution in [3.8, 4) is 0 Å². The number of non-ortho nitro benzene ring substituents is 1. The molecule has 1 saturated heterocycles. The highest BCUT2D eigenvalue weighted by molar-refractivity contribution is 7.89. The summed E-state index contributed by atoms with van der Waals surface area (Å²) in [5.74, 6) is -0.498. The van der Waals surface area contributed by atoms with Gasteiger partial charge in [0.2, 0.25) is 15.9 Å². The molecule has 0 saturated carbocycles. The first-order chi connectivity index (χ1) is 12.7. The lowest BCUT2D eigenvalue weighted by molar-refractivity contribution is -0.385. The molecule has 1 N–H and O–H groups in total. The lowest BCUT2D eigenvalue weighted by Gasteiger charge is -2.36. The molecule has 1 aromatic carbocycles. The van der Waals surface area contributed by atoms with Gasteiger partial charge in [0.15, 0.2) is 0 Å². The zero-order valence-electron chi connectivity index (χ0n) is 16.0. The van der Waals surface area contributed by atoms with Gasteiger partial charge in [-0.15, -0.1) is 0 Å². The Kier molecular flexibility index (Phi) is 6.94. The number of aryl methyl sites for hydroxylation is 1. The van der Waals surface area contributed by atoms with Crippen LogP contribution in [0.4, 0.5) is 5.69 Å². The molecule has 8 nitrogen and oxygen atoms in total. The number of hydrogen-bond donors (Lipinski definition) is 1. The molecule has 1 aliphatic heterocycles. The Morgan fingerprint density at radius 2 is 2.07 bits per heavy atom. The van der Waals surface area contributed by atoms with E-state index >= 15 is 0 Å². The molecule has 0 spiro atoms. The zero-order chi connectivity index (χ0) is 20.2. The van der Waals surface area contributed by atoms with Crippen LogP contribution in [-0.2, 0) is 14.8 Å². The fraction of sp³-hybridized carbons (Fsp3) is 0.611. The van der Waals surface area contributed by atoms with E-state index in [1.54, 1.807) is 6.92 Å². The number of nitrogens with one attached hydrogen (secondary N) is 1. The fourth-order valence-corrected chi connectivity index (χ4v) is 5.23. The van der Waals surface area contributed by atoms with Gasteiger partial charge in [0, 0.05) is 31.3 Å². The third kappa shape index (κ3) is 4.84. The van der Waals surface area contributed by atoms with Crippen molar-refractivity contribution in [3.05, 3.63) is 33.9 Å². The van der Waals surface area contributed by atoms with Gasteiger partial charge in [0.1, 0.15) is 0 Å². The van der Waals surface area contributed by atoms with Crippen molar-refractivity contribution < 1.29 is 18.1 Å². The van der Waals surface area contributed by atoms with Gasteiger partial charge in [0.05, 0.1) is 15.7 Å². The minimum atomic E-state index is -3.85. The average Bonchev–Trinajstić information content (AvgIpc) is 2.61. The highest BCUT2D eigenvalue weighted by Gasteiger charge is 2.38. The van der Waals surface area contributed by atoms with Crippen LogP contribution < -0.4 is 5.32 Å². The van der Waals surface area contributed by atoms with Crippen molar-refractivity contribution in [2.45, 2.75) is 57.4 Å². The van der Waals surface area contributed by atoms with Gasteiger partial charge < -0.3 is 5.32 Å². The van der Waals surface area contributed by atoms with Crippen LogP contribution in [0, 0.1) is 23.0 Å². The maximum Gasteiger partial charge on any atom is 0.269 e. The number of nitrogens with zero attached hydrogens (tertiary/aromatic N) is 2. The predicted octanol–water partition coefficient (Wildman–Crippen LogP) is 2.61. The number of carbonyl (C=O) groups is 1. The molecular weight excluding hydrogens is 370 g/mol. The Hall–Kier alpha value is -2.00. The van der Waals surface area contributed by atoms with Crippen molar-refractivity contribution >= 4 is 21.6 Å². The van der Waals surface area contributed by atoms with Crippen LogP contribution in [0.25, 0.3) is 0 Å². The molecule has 9 heteroatoms. The highest BCUT2D eigenvalue weighted by atomic mass is 32.2. The summed E-state index contributed by atoms with van der Waals surface area (Å²) in [4.78, 5) is 22.8. The summed E-state index contributed by atoms with van der Waals surface area (Å²) >= 11 is 0. The number of piperidine rings is 1. The van der Waals surface area contributed by atoms with Crippen LogP contribution in [-0.4, -0.2) is 42.7 Å². The van der Waals surface area contributed by atoms with Gasteiger partial charge in [-0.3, -0.25) is 14.9 Å². The summed E-state index contributed by atoms with van der Waals surface area (Å²) in [5, 5.41) is 13.8. The number of unbranched alkanes of at least 4 members (excludes halogenated alkanes) is 1. The van der Waals surface area contributed by atoms with E-state index < -0.39 is 14.9 Å². The average molecular weight is 397 g/mol. The van der Waals surface area contributed by atoms with Gasteiger partial charge in [-0.2, -0.15) is 4.31 Å². The SMILES string of the molecule is CCCCNC(=O)C1CCC(C)N(S(=O)(=O)c2ccc([N+](=O)[O-])cc2C)C1. The molecule has 1 aliphatic rings. The van der Waals surface area contributed by atoms with Crippen LogP contribution in [0.15, 0.2) is 23.1 Å². The van der Waals surface area contributed by atoms with Crippen LogP contribution in [0.1, 0.15) is 45.1 Å². The second-order valence-electron chi connectivity index (χ2n) is 7.05. The number of carbonyl (C=O) groups excluding carboxylic acids is 1. The van der Waals surface area contributed by atoms with Gasteiger partial charge in [0.25, 0.3) is 5.69 Å². The van der Waals surface area contributed by atoms with Gasteiger partial charge in [-0.05, 0) is 44.7 Å². The van der Waals surface area contributed by atoms with Crippen LogP contribution >= 0.6 is 0 Å². The topological polar surface area (TPSA) is 110 Å². The van der Waals surface area contributed by atoms with Crippen LogP contribution in [0.3, 0.4) is 0 Å². The Bertz CT molecular complexity index is 809. The molecule has 27 heavy (non-hydrogen) atoms. The van der Waals surface area contributed by atoms with E-state index in [1.165, 1.54) is 22.5 Å². The number of rotatable bonds is 7. The summed E-state index contributed by atoms with van der Waals surface area (Å²) in [5.41, 5.74) is 0.178. The molecule has 0 bridgehead atoms. The van der Waals surface area contributed by atoms with Gasteiger partial charge in [-0.25, -0.2) is 8.42 Å². The molecule has 0 aromatic heterocycles. The predicted molar refractivity (Wildman–Crippen MR) is 102 cm³/mol. The molecule has 1 heterocycles. The molecular formula is C18H27N3O5S. The molecule has 1 aromatic rings. The van der Waals surface area contributed by atoms with Crippen LogP contribution in [0.2, 0.25) is 0 Å². The van der Waals surface area contributed by atoms with Crippen molar-refractivity contribution in [1.29, 1.82) is 0 Å². The molecule has 1 fully saturated rings. The molecule has 0 aliphatic carbocycles. The second-order valence-corrected chi connectivity index (χ2v) is 8.91. The second kappa shape index (κ2) is 8.79. The minimum absolute atomic E-state index is 0.0481. The lowest BCUT2D eigenvalue weighted by atomic mass is 9.94. The fourth-order valence-electron chi connectivity index (χ4n) is 3.32. The number of amides is 1. The normalized spacial score (nSPS) is 21.0. The Morgan fingerprint density at radius 1 is 1.37 bits per heavy atom. The van der Waals surface area contributed by atoms with Crippen molar-refractivity contribution in [1.82, 2.24) is 9.62 Å². The maximum atomic E-state index is 13.2. The number of nitro benzene ring substituents is 1. The Labute approximate surface area is 160 Å². The van der Waals surface area contributed by atoms with Crippen molar-refractivity contribution in [2.24, 2.45) is 5.92 Å². The van der Waals surface area contributed by atoms with Crippen LogP contribution in [0.5, 0.6) is 0 Å². The summed E-state index contributed by atoms with van der Waals surface area (Å²) in [7, 11) is -3.85. The Morgan fingerprint density at radius 3 is 2.67 bits per heavy atom. The molecule has 2 rings (SSSR count). The minimum Gasteiger partial charge on any atom is -0.356 e. The first kappa shape index (κ1) is 21.3. The molecule has 0 radical (unpaired) electrons. The molecule has 150 valence electrons. The van der Waals surface area contributed by atoms with E-state index in [1.807, 2.05) is 13.8 Å². The van der Waals surface area contributed by atoms with E-state index in [9.17, 15) is 23.3 Å². The zero-order valence-corrected chi connectivity index (χ0v) is 16.8. The monoisotopic (exact) mass is 397 g/mol. The Balaban J connectivity index is 2.23. The summed E-state index contributed by atoms with van der Waals surface area (Å²) in [6, 6.07) is 3.50. The first-order valence-electron chi connectivity index (χ1n) is 9.23. The maximum absolute atomic E-state index is 13.2. The smallest absolute Gasteiger partial charge is 0.269 e. The van der Waals surface area contributed by atoms with Gasteiger partial charge in [-0.1, -0.05) is 13.3 Å². The highest BCUT2D eigenvalue weighted by Crippen LogP contribution is 2.30. The van der Waals surface area contributed by atoms with E-state index in [0.717, 1.165) is 12.8 Å². The quantitative estimate of drug-likeness (QED) is 0.432. The molecule has 1 amide bonds. The summed E-state index contributed by atoms with van der Waals surface area (Å²) in [6.07, 6.45) is 3.10. The lowest BCUT2D eigenvalue weighted by Crippen LogP contribution is -2.49. The standard InChI is InChI=1S/C18H27N3O5S/c1-4-5-10-19-18(22)15-7-6-14(3)20(12-15)27(25,26)17-9-8-16(21(23)24)11-13(17)2/h8-9,11,14-15H,4-7,10,12H2,1-3H3,(H,19,22). The largest absolute Gasteiger partial charge is 0.356 e. The van der Waals surface area contributed by atoms with E-state index in [0.29, 0.717) is 24.9 Å². The number of benzene rings is 1. The number of nitro groups is 1. The third-order valence-electron chi connectivity index (χ3n) is 4.98. The number of sulfonamides is 1. The molecule has 2 unspecified atom stereocenters. The first-order valence-corrected chi connectivity index (χ1v) is 10.7. The third-order valence-corrected chi connectivity index (χ3v) is 7.12. The van der Waals surface area contributed by atoms with E-state index in [2.05, 4.69) is 5.32 Å². The van der Waals surface area contributed by atoms with E-state index in [-0.39, 0.29) is 35.0 Å². The van der Waals surface area contributed by atoms with Crippen molar-refractivity contribution in [3.63, 3.8) is 0 Å². The summed E-state index contributed by atoms with van der Waals surface area (Å²) < 4.78 is 27.7. The summed E-state index contributed by atoms with van der Waals surface area (Å²) in [6.45, 7) is 6.12. The molecule has 2 atom stereocenters. The van der Waals surface area contributed by atoms with Gasteiger partial charge >= 0.3 is 0 Å². The van der Waals surface area contributed by atoms with E-state index in [4.69, 9.17) is 0 Å². The number of hydrogen-bond acceptors (Lipinski definition) is 5. The van der Waals surface area contributed by atoms with Crippen molar-refractivity contribution in [2.75, 3.05) is 13.1 Å².